The molecule has 0 spiro atoms. The average Bonchev–Trinajstić information content (AvgIpc) is 2.16. The number of rotatable bonds is 4. The predicted molar refractivity (Wildman–Crippen MR) is 58.0 cm³/mol. The van der Waals surface area contributed by atoms with E-state index in [0.717, 1.165) is 18.2 Å². The van der Waals surface area contributed by atoms with Gasteiger partial charge in [-0.1, -0.05) is 12.5 Å². The molecule has 1 aromatic heterocycles. The summed E-state index contributed by atoms with van der Waals surface area (Å²) in [5.74, 6) is 0.918. The first-order chi connectivity index (χ1) is 6.86. The third kappa shape index (κ3) is 2.32. The highest BCUT2D eigenvalue weighted by molar-refractivity contribution is 5.07. The summed E-state index contributed by atoms with van der Waals surface area (Å²) in [4.78, 5) is 4.34. The molecule has 76 valence electrons. The van der Waals surface area contributed by atoms with Crippen LogP contribution in [0.25, 0.3) is 0 Å². The van der Waals surface area contributed by atoms with Crippen molar-refractivity contribution in [2.75, 3.05) is 6.54 Å². The van der Waals surface area contributed by atoms with Gasteiger partial charge in [-0.2, -0.15) is 0 Å². The Morgan fingerprint density at radius 2 is 2.36 bits per heavy atom. The number of hydrogen-bond acceptors (Lipinski definition) is 2. The van der Waals surface area contributed by atoms with Crippen LogP contribution in [0.15, 0.2) is 24.4 Å². The number of aromatic nitrogens is 1. The molecular weight excluding hydrogens is 172 g/mol. The minimum absolute atomic E-state index is 0.386. The van der Waals surface area contributed by atoms with E-state index in [2.05, 4.69) is 23.3 Å². The van der Waals surface area contributed by atoms with E-state index in [-0.39, 0.29) is 0 Å². The number of nitrogens with zero attached hydrogens (tertiary/aromatic N) is 1. The molecule has 0 aliphatic heterocycles. The van der Waals surface area contributed by atoms with Gasteiger partial charge in [0.05, 0.1) is 5.69 Å². The molecule has 0 amide bonds. The lowest BCUT2D eigenvalue weighted by molar-refractivity contribution is 0.291. The molecule has 2 nitrogen and oxygen atoms in total. The fourth-order valence-corrected chi connectivity index (χ4v) is 1.78. The zero-order chi connectivity index (χ0) is 9.80. The monoisotopic (exact) mass is 190 g/mol. The minimum Gasteiger partial charge on any atom is -0.309 e. The Kier molecular flexibility index (Phi) is 3.14. The second-order valence-electron chi connectivity index (χ2n) is 4.18. The number of hydrogen-bond donors (Lipinski definition) is 1. The first-order valence-corrected chi connectivity index (χ1v) is 5.50. The zero-order valence-electron chi connectivity index (χ0n) is 8.74. The fourth-order valence-electron chi connectivity index (χ4n) is 1.78. The van der Waals surface area contributed by atoms with Crippen molar-refractivity contribution in [2.45, 2.75) is 32.2 Å². The number of pyridine rings is 1. The topological polar surface area (TPSA) is 24.9 Å². The van der Waals surface area contributed by atoms with Gasteiger partial charge in [0.1, 0.15) is 0 Å². The van der Waals surface area contributed by atoms with Gasteiger partial charge in [0.2, 0.25) is 0 Å². The lowest BCUT2D eigenvalue weighted by Crippen LogP contribution is -2.29. The Morgan fingerprint density at radius 1 is 1.50 bits per heavy atom. The highest BCUT2D eigenvalue weighted by Gasteiger charge is 2.17. The molecule has 1 aliphatic carbocycles. The smallest absolute Gasteiger partial charge is 0.0570 e. The van der Waals surface area contributed by atoms with Crippen LogP contribution in [0.5, 0.6) is 0 Å². The van der Waals surface area contributed by atoms with E-state index in [1.165, 1.54) is 19.3 Å². The van der Waals surface area contributed by atoms with Gasteiger partial charge in [0, 0.05) is 12.2 Å². The highest BCUT2D eigenvalue weighted by Crippen LogP contribution is 2.25. The molecule has 0 saturated heterocycles. The predicted octanol–water partition coefficient (Wildman–Crippen LogP) is 2.53. The Morgan fingerprint density at radius 3 is 2.93 bits per heavy atom. The molecule has 1 aliphatic rings. The summed E-state index contributed by atoms with van der Waals surface area (Å²) < 4.78 is 0. The lowest BCUT2D eigenvalue weighted by atomic mass is 9.85. The van der Waals surface area contributed by atoms with Crippen molar-refractivity contribution in [3.8, 4) is 0 Å². The maximum atomic E-state index is 4.34. The molecule has 1 atom stereocenters. The van der Waals surface area contributed by atoms with Crippen molar-refractivity contribution in [3.05, 3.63) is 30.1 Å². The molecule has 1 fully saturated rings. The quantitative estimate of drug-likeness (QED) is 0.789. The molecule has 14 heavy (non-hydrogen) atoms. The first-order valence-electron chi connectivity index (χ1n) is 5.50. The van der Waals surface area contributed by atoms with E-state index < -0.39 is 0 Å². The van der Waals surface area contributed by atoms with E-state index >= 15 is 0 Å². The highest BCUT2D eigenvalue weighted by atomic mass is 14.9. The van der Waals surface area contributed by atoms with Gasteiger partial charge in [0.25, 0.3) is 0 Å². The molecule has 1 aromatic rings. The summed E-state index contributed by atoms with van der Waals surface area (Å²) in [6.07, 6.45) is 6.09. The van der Waals surface area contributed by atoms with Crippen LogP contribution in [-0.4, -0.2) is 11.5 Å². The first kappa shape index (κ1) is 9.66. The summed E-state index contributed by atoms with van der Waals surface area (Å²) in [6, 6.07) is 6.47. The average molecular weight is 190 g/mol. The maximum Gasteiger partial charge on any atom is 0.0570 e. The van der Waals surface area contributed by atoms with Gasteiger partial charge in [-0.25, -0.2) is 0 Å². The Labute approximate surface area is 85.7 Å². The van der Waals surface area contributed by atoms with Crippen molar-refractivity contribution in [2.24, 2.45) is 5.92 Å². The van der Waals surface area contributed by atoms with Gasteiger partial charge >= 0.3 is 0 Å². The van der Waals surface area contributed by atoms with Crippen molar-refractivity contribution < 1.29 is 0 Å². The fraction of sp³-hybridized carbons (Fsp3) is 0.583. The molecule has 0 aromatic carbocycles. The third-order valence-corrected chi connectivity index (χ3v) is 3.07. The summed E-state index contributed by atoms with van der Waals surface area (Å²) in [5.41, 5.74) is 1.15. The summed E-state index contributed by atoms with van der Waals surface area (Å²) in [5, 5.41) is 3.54. The van der Waals surface area contributed by atoms with Crippen LogP contribution in [0.2, 0.25) is 0 Å². The van der Waals surface area contributed by atoms with Crippen molar-refractivity contribution in [1.82, 2.24) is 10.3 Å². The summed E-state index contributed by atoms with van der Waals surface area (Å²) in [7, 11) is 0. The molecule has 1 unspecified atom stereocenters. The van der Waals surface area contributed by atoms with E-state index in [1.807, 2.05) is 18.3 Å². The van der Waals surface area contributed by atoms with Gasteiger partial charge in [-0.05, 0) is 44.4 Å². The SMILES string of the molecule is CC(NCC1CCC1)c1ccccn1. The Balaban J connectivity index is 1.80. The standard InChI is InChI=1S/C12H18N2/c1-10(12-7-2-3-8-13-12)14-9-11-5-4-6-11/h2-3,7-8,10-11,14H,4-6,9H2,1H3. The van der Waals surface area contributed by atoms with E-state index in [0.29, 0.717) is 6.04 Å². The zero-order valence-corrected chi connectivity index (χ0v) is 8.74. The maximum absolute atomic E-state index is 4.34. The largest absolute Gasteiger partial charge is 0.309 e. The van der Waals surface area contributed by atoms with Gasteiger partial charge < -0.3 is 5.32 Å². The van der Waals surface area contributed by atoms with Crippen LogP contribution >= 0.6 is 0 Å². The molecule has 0 bridgehead atoms. The van der Waals surface area contributed by atoms with Crippen LogP contribution in [0.1, 0.15) is 37.9 Å². The summed E-state index contributed by atoms with van der Waals surface area (Å²) in [6.45, 7) is 3.33. The molecule has 2 heteroatoms. The van der Waals surface area contributed by atoms with E-state index in [9.17, 15) is 0 Å². The minimum atomic E-state index is 0.386. The van der Waals surface area contributed by atoms with E-state index in [1.54, 1.807) is 0 Å². The summed E-state index contributed by atoms with van der Waals surface area (Å²) >= 11 is 0. The van der Waals surface area contributed by atoms with Crippen LogP contribution < -0.4 is 5.32 Å². The van der Waals surface area contributed by atoms with Crippen LogP contribution in [0, 0.1) is 5.92 Å². The Bertz CT molecular complexity index is 267. The Hall–Kier alpha value is -0.890. The van der Waals surface area contributed by atoms with E-state index in [4.69, 9.17) is 0 Å². The van der Waals surface area contributed by atoms with Gasteiger partial charge in [-0.3, -0.25) is 4.98 Å². The molecule has 0 radical (unpaired) electrons. The van der Waals surface area contributed by atoms with Gasteiger partial charge in [-0.15, -0.1) is 0 Å². The lowest BCUT2D eigenvalue weighted by Gasteiger charge is -2.27. The second-order valence-corrected chi connectivity index (χ2v) is 4.18. The van der Waals surface area contributed by atoms with Crippen LogP contribution in [-0.2, 0) is 0 Å². The van der Waals surface area contributed by atoms with Crippen LogP contribution in [0.3, 0.4) is 0 Å². The molecule has 2 rings (SSSR count). The molecule has 1 saturated carbocycles. The number of nitrogens with one attached hydrogen (secondary N) is 1. The molecule has 1 N–H and O–H groups in total. The van der Waals surface area contributed by atoms with Gasteiger partial charge in [0.15, 0.2) is 0 Å². The normalized spacial score (nSPS) is 18.9. The molecular formula is C12H18N2. The second kappa shape index (κ2) is 4.56. The molecule has 1 heterocycles. The van der Waals surface area contributed by atoms with Crippen molar-refractivity contribution in [3.63, 3.8) is 0 Å². The van der Waals surface area contributed by atoms with Crippen molar-refractivity contribution in [1.29, 1.82) is 0 Å². The van der Waals surface area contributed by atoms with Crippen molar-refractivity contribution >= 4 is 0 Å². The third-order valence-electron chi connectivity index (χ3n) is 3.07. The van der Waals surface area contributed by atoms with Crippen LogP contribution in [0.4, 0.5) is 0 Å².